The summed E-state index contributed by atoms with van der Waals surface area (Å²) in [5, 5.41) is 12.5. The fraction of sp³-hybridized carbons (Fsp3) is 0.286. The standard InChI is InChI=1S/C4H4N2.C3H5.U/c5-3-1-2-4-6;1-2-3-1;/h1-2,5-6H;1H,2-3H2;/q-2;-1;+3. The molecule has 0 amide bonds. The van der Waals surface area contributed by atoms with Crippen molar-refractivity contribution >= 4 is 12.4 Å². The molecule has 1 radical (unpaired) electrons. The van der Waals surface area contributed by atoms with Crippen LogP contribution in [0.2, 0.25) is 0 Å². The number of rotatable bonds is 2. The molecule has 2 nitrogen and oxygen atoms in total. The smallest absolute Gasteiger partial charge is 0.431 e. The van der Waals surface area contributed by atoms with Gasteiger partial charge in [0.05, 0.1) is 0 Å². The molecule has 0 bridgehead atoms. The van der Waals surface area contributed by atoms with E-state index in [4.69, 9.17) is 10.8 Å². The Morgan fingerprint density at radius 3 is 1.50 bits per heavy atom. The van der Waals surface area contributed by atoms with E-state index in [1.807, 2.05) is 12.4 Å². The van der Waals surface area contributed by atoms with Crippen molar-refractivity contribution in [1.82, 2.24) is 0 Å². The molecule has 1 fully saturated rings. The summed E-state index contributed by atoms with van der Waals surface area (Å²) in [6.45, 7) is 0. The molecule has 0 aromatic heterocycles. The van der Waals surface area contributed by atoms with Crippen molar-refractivity contribution in [2.75, 3.05) is 0 Å². The average Bonchev–Trinajstić information content (AvgIpc) is 2.67. The molecule has 1 saturated carbocycles. The zero-order valence-corrected chi connectivity index (χ0v) is 9.81. The van der Waals surface area contributed by atoms with Crippen LogP contribution in [0.4, 0.5) is 0 Å². The van der Waals surface area contributed by atoms with Gasteiger partial charge in [0, 0.05) is 0 Å². The van der Waals surface area contributed by atoms with E-state index in [0.717, 1.165) is 0 Å². The Hall–Kier alpha value is 0.132. The summed E-state index contributed by atoms with van der Waals surface area (Å²) in [6, 6.07) is 0. The van der Waals surface area contributed by atoms with Crippen LogP contribution in [0.3, 0.4) is 0 Å². The van der Waals surface area contributed by atoms with Crippen molar-refractivity contribution in [2.24, 2.45) is 0 Å². The molecule has 10 heavy (non-hydrogen) atoms. The Morgan fingerprint density at radius 2 is 1.40 bits per heavy atom. The Bertz CT molecular complexity index is 95.4. The third-order valence-corrected chi connectivity index (χ3v) is 0.539. The Kier molecular flexibility index (Phi) is 15.2. The minimum Gasteiger partial charge on any atom is -0.431 e. The van der Waals surface area contributed by atoms with E-state index in [2.05, 4.69) is 6.42 Å². The van der Waals surface area contributed by atoms with Crippen molar-refractivity contribution in [3.8, 4) is 0 Å². The van der Waals surface area contributed by atoms with E-state index in [0.29, 0.717) is 0 Å². The van der Waals surface area contributed by atoms with Gasteiger partial charge in [-0.15, -0.1) is 0 Å². The second-order valence-corrected chi connectivity index (χ2v) is 1.49. The van der Waals surface area contributed by atoms with Gasteiger partial charge in [0.25, 0.3) is 0 Å². The number of hydrogen-bond donors (Lipinski definition) is 2. The fourth-order valence-corrected chi connectivity index (χ4v) is 0.0833. The second kappa shape index (κ2) is 11.9. The minimum atomic E-state index is 0. The van der Waals surface area contributed by atoms with Crippen LogP contribution < -0.4 is 0 Å². The van der Waals surface area contributed by atoms with Crippen LogP contribution in [0.1, 0.15) is 12.8 Å². The fourth-order valence-electron chi connectivity index (χ4n) is 0.0833. The first-order valence-electron chi connectivity index (χ1n) is 2.73. The summed E-state index contributed by atoms with van der Waals surface area (Å²) in [5.74, 6) is 0. The van der Waals surface area contributed by atoms with E-state index in [1.165, 1.54) is 25.0 Å². The Balaban J connectivity index is 0. The monoisotopic (exact) mass is 359 g/mol. The van der Waals surface area contributed by atoms with E-state index in [9.17, 15) is 0 Å². The molecular weight excluding hydrogens is 350 g/mol. The molecule has 51 valence electrons. The summed E-state index contributed by atoms with van der Waals surface area (Å²) in [4.78, 5) is 0. The van der Waals surface area contributed by atoms with Gasteiger partial charge in [-0.1, -0.05) is 0 Å². The maximum absolute atomic E-state index is 6.25. The van der Waals surface area contributed by atoms with Gasteiger partial charge in [-0.05, 0) is 0 Å². The van der Waals surface area contributed by atoms with Crippen LogP contribution in [0.5, 0.6) is 0 Å². The molecule has 0 unspecified atom stereocenters. The SMILES string of the molecule is N=[C-]C=C[C-]=N.[CH-]1CC1.[U+3]. The molecule has 2 N–H and O–H groups in total. The van der Waals surface area contributed by atoms with Gasteiger partial charge in [0.2, 0.25) is 0 Å². The normalized spacial score (nSPS) is 12.4. The number of hydrogen-bond acceptors (Lipinski definition) is 2. The van der Waals surface area contributed by atoms with E-state index < -0.39 is 0 Å². The van der Waals surface area contributed by atoms with E-state index in [1.54, 1.807) is 0 Å². The van der Waals surface area contributed by atoms with Gasteiger partial charge in [-0.2, -0.15) is 0 Å². The van der Waals surface area contributed by atoms with Crippen molar-refractivity contribution in [1.29, 1.82) is 10.8 Å². The number of nitrogens with one attached hydrogen (secondary N) is 2. The van der Waals surface area contributed by atoms with E-state index >= 15 is 0 Å². The van der Waals surface area contributed by atoms with Gasteiger partial charge in [-0.25, -0.2) is 12.8 Å². The molecule has 0 aliphatic heterocycles. The molecule has 0 spiro atoms. The molecule has 1 aliphatic carbocycles. The molecule has 0 saturated heterocycles. The van der Waals surface area contributed by atoms with Crippen molar-refractivity contribution in [2.45, 2.75) is 12.8 Å². The zero-order chi connectivity index (χ0) is 6.95. The molecule has 0 atom stereocenters. The maximum atomic E-state index is 6.25. The first-order valence-corrected chi connectivity index (χ1v) is 2.73. The van der Waals surface area contributed by atoms with Crippen molar-refractivity contribution in [3.05, 3.63) is 18.6 Å². The summed E-state index contributed by atoms with van der Waals surface area (Å²) < 4.78 is 0. The molecule has 0 heterocycles. The predicted octanol–water partition coefficient (Wildman–Crippen LogP) is 1.58. The van der Waals surface area contributed by atoms with Crippen LogP contribution in [0, 0.1) is 48.4 Å². The summed E-state index contributed by atoms with van der Waals surface area (Å²) in [6.07, 6.45) is 11.5. The van der Waals surface area contributed by atoms with Crippen LogP contribution in [0.15, 0.2) is 12.2 Å². The van der Waals surface area contributed by atoms with Crippen LogP contribution in [-0.4, -0.2) is 12.4 Å². The second-order valence-electron chi connectivity index (χ2n) is 1.49. The molecule has 0 aromatic rings. The quantitative estimate of drug-likeness (QED) is 0.556. The van der Waals surface area contributed by atoms with Gasteiger partial charge < -0.3 is 29.4 Å². The number of allylic oxidation sites excluding steroid dienone is 2. The van der Waals surface area contributed by atoms with Crippen LogP contribution >= 0.6 is 0 Å². The first kappa shape index (κ1) is 12.8. The minimum absolute atomic E-state index is 0. The molecular formula is C7H9N2U. The summed E-state index contributed by atoms with van der Waals surface area (Å²) in [5.41, 5.74) is 0. The maximum Gasteiger partial charge on any atom is 3.00 e. The van der Waals surface area contributed by atoms with Crippen molar-refractivity contribution in [3.63, 3.8) is 0 Å². The van der Waals surface area contributed by atoms with Gasteiger partial charge >= 0.3 is 31.1 Å². The van der Waals surface area contributed by atoms with E-state index in [-0.39, 0.29) is 31.1 Å². The molecule has 1 rings (SSSR count). The largest absolute Gasteiger partial charge is 3.00 e. The Morgan fingerprint density at radius 1 is 1.10 bits per heavy atom. The summed E-state index contributed by atoms with van der Waals surface area (Å²) in [7, 11) is 0. The van der Waals surface area contributed by atoms with Gasteiger partial charge in [-0.3, -0.25) is 12.4 Å². The molecule has 0 aromatic carbocycles. The third-order valence-electron chi connectivity index (χ3n) is 0.539. The third kappa shape index (κ3) is 24.2. The van der Waals surface area contributed by atoms with Crippen molar-refractivity contribution < 1.29 is 31.1 Å². The average molecular weight is 359 g/mol. The zero-order valence-electron chi connectivity index (χ0n) is 5.65. The Labute approximate surface area is 85.5 Å². The van der Waals surface area contributed by atoms with Crippen LogP contribution in [0.25, 0.3) is 0 Å². The van der Waals surface area contributed by atoms with Gasteiger partial charge in [0.15, 0.2) is 0 Å². The van der Waals surface area contributed by atoms with Gasteiger partial charge in [0.1, 0.15) is 0 Å². The molecule has 1 aliphatic rings. The summed E-state index contributed by atoms with van der Waals surface area (Å²) >= 11 is 0. The molecule has 3 heteroatoms. The predicted molar refractivity (Wildman–Crippen MR) is 38.1 cm³/mol. The topological polar surface area (TPSA) is 47.7 Å². The van der Waals surface area contributed by atoms with Crippen LogP contribution in [-0.2, 0) is 0 Å². The first-order chi connectivity index (χ1) is 4.41.